The van der Waals surface area contributed by atoms with Gasteiger partial charge in [0.25, 0.3) is 0 Å². The summed E-state index contributed by atoms with van der Waals surface area (Å²) in [6, 6.07) is 0. The number of carboxylic acid groups (broad SMARTS) is 1. The first-order valence-electron chi connectivity index (χ1n) is 5.11. The van der Waals surface area contributed by atoms with E-state index in [9.17, 15) is 4.79 Å². The maximum atomic E-state index is 11.1. The molecular formula is C10H22N2O2. The van der Waals surface area contributed by atoms with Crippen LogP contribution < -0.4 is 5.32 Å². The first-order chi connectivity index (χ1) is 6.48. The molecule has 0 aliphatic rings. The molecule has 4 heteroatoms. The molecule has 2 N–H and O–H groups in total. The third-order valence-electron chi connectivity index (χ3n) is 2.64. The summed E-state index contributed by atoms with van der Waals surface area (Å²) in [7, 11) is 3.95. The van der Waals surface area contributed by atoms with Crippen LogP contribution in [0.3, 0.4) is 0 Å². The lowest BCUT2D eigenvalue weighted by Crippen LogP contribution is -2.52. The second-order valence-corrected chi connectivity index (χ2v) is 3.82. The molecule has 0 radical (unpaired) electrons. The second kappa shape index (κ2) is 5.98. The van der Waals surface area contributed by atoms with Crippen molar-refractivity contribution in [2.75, 3.05) is 27.2 Å². The van der Waals surface area contributed by atoms with Crippen LogP contribution in [0.5, 0.6) is 0 Å². The van der Waals surface area contributed by atoms with Gasteiger partial charge >= 0.3 is 5.97 Å². The lowest BCUT2D eigenvalue weighted by atomic mass is 9.93. The van der Waals surface area contributed by atoms with E-state index in [1.807, 2.05) is 32.8 Å². The molecule has 4 nitrogen and oxygen atoms in total. The number of likely N-dealkylation sites (N-methyl/N-ethyl adjacent to an activating group) is 1. The van der Waals surface area contributed by atoms with Crippen molar-refractivity contribution >= 4 is 5.97 Å². The van der Waals surface area contributed by atoms with Crippen molar-refractivity contribution in [2.45, 2.75) is 32.2 Å². The van der Waals surface area contributed by atoms with Gasteiger partial charge < -0.3 is 15.3 Å². The molecule has 0 aliphatic heterocycles. The van der Waals surface area contributed by atoms with E-state index in [0.717, 1.165) is 6.54 Å². The minimum atomic E-state index is -0.749. The standard InChI is InChI=1S/C10H22N2O2/c1-5-10(6-2,9(13)14)11-7-8-12(3)4/h11H,5-8H2,1-4H3,(H,13,14). The average Bonchev–Trinajstić information content (AvgIpc) is 2.12. The number of aliphatic carboxylic acids is 1. The van der Waals surface area contributed by atoms with Crippen LogP contribution in [0.15, 0.2) is 0 Å². The molecule has 0 spiro atoms. The van der Waals surface area contributed by atoms with E-state index in [1.165, 1.54) is 0 Å². The normalized spacial score (nSPS) is 12.1. The van der Waals surface area contributed by atoms with E-state index >= 15 is 0 Å². The van der Waals surface area contributed by atoms with E-state index in [0.29, 0.717) is 19.4 Å². The van der Waals surface area contributed by atoms with Gasteiger partial charge in [-0.1, -0.05) is 13.8 Å². The van der Waals surface area contributed by atoms with Crippen LogP contribution in [0.2, 0.25) is 0 Å². The monoisotopic (exact) mass is 202 g/mol. The van der Waals surface area contributed by atoms with Crippen LogP contribution in [-0.2, 0) is 4.79 Å². The van der Waals surface area contributed by atoms with Crippen LogP contribution in [0.1, 0.15) is 26.7 Å². The summed E-state index contributed by atoms with van der Waals surface area (Å²) >= 11 is 0. The summed E-state index contributed by atoms with van der Waals surface area (Å²) in [5, 5.41) is 12.2. The zero-order valence-corrected chi connectivity index (χ0v) is 9.63. The Bertz CT molecular complexity index is 177. The van der Waals surface area contributed by atoms with E-state index < -0.39 is 11.5 Å². The molecule has 0 heterocycles. The number of carboxylic acids is 1. The Morgan fingerprint density at radius 1 is 1.36 bits per heavy atom. The predicted octanol–water partition coefficient (Wildman–Crippen LogP) is 0.781. The minimum absolute atomic E-state index is 0.617. The molecule has 0 unspecified atom stereocenters. The van der Waals surface area contributed by atoms with Crippen LogP contribution in [-0.4, -0.2) is 48.7 Å². The highest BCUT2D eigenvalue weighted by molar-refractivity contribution is 5.78. The third kappa shape index (κ3) is 3.64. The van der Waals surface area contributed by atoms with Gasteiger partial charge in [0, 0.05) is 13.1 Å². The van der Waals surface area contributed by atoms with Crippen molar-refractivity contribution in [2.24, 2.45) is 0 Å². The Balaban J connectivity index is 4.16. The van der Waals surface area contributed by atoms with E-state index in [-0.39, 0.29) is 0 Å². The third-order valence-corrected chi connectivity index (χ3v) is 2.64. The Morgan fingerprint density at radius 3 is 2.14 bits per heavy atom. The summed E-state index contributed by atoms with van der Waals surface area (Å²) in [5.74, 6) is -0.749. The Hall–Kier alpha value is -0.610. The van der Waals surface area contributed by atoms with E-state index in [2.05, 4.69) is 5.32 Å². The lowest BCUT2D eigenvalue weighted by Gasteiger charge is -2.28. The molecule has 0 saturated heterocycles. The number of hydrogen-bond acceptors (Lipinski definition) is 3. The zero-order valence-electron chi connectivity index (χ0n) is 9.63. The molecule has 0 saturated carbocycles. The second-order valence-electron chi connectivity index (χ2n) is 3.82. The molecule has 0 atom stereocenters. The number of carbonyl (C=O) groups is 1. The van der Waals surface area contributed by atoms with Crippen LogP contribution in [0, 0.1) is 0 Å². The van der Waals surface area contributed by atoms with Gasteiger partial charge in [0.2, 0.25) is 0 Å². The largest absolute Gasteiger partial charge is 0.480 e. The molecule has 0 amide bonds. The number of nitrogens with zero attached hydrogens (tertiary/aromatic N) is 1. The molecular weight excluding hydrogens is 180 g/mol. The number of nitrogens with one attached hydrogen (secondary N) is 1. The van der Waals surface area contributed by atoms with Gasteiger partial charge in [-0.25, -0.2) is 0 Å². The van der Waals surface area contributed by atoms with Gasteiger partial charge in [0.15, 0.2) is 0 Å². The van der Waals surface area contributed by atoms with Crippen molar-refractivity contribution in [3.05, 3.63) is 0 Å². The van der Waals surface area contributed by atoms with Gasteiger partial charge in [-0.2, -0.15) is 0 Å². The van der Waals surface area contributed by atoms with Gasteiger partial charge in [-0.15, -0.1) is 0 Å². The van der Waals surface area contributed by atoms with Crippen molar-refractivity contribution in [3.8, 4) is 0 Å². The predicted molar refractivity (Wildman–Crippen MR) is 57.5 cm³/mol. The Kier molecular flexibility index (Phi) is 5.72. The lowest BCUT2D eigenvalue weighted by molar-refractivity contribution is -0.145. The fraction of sp³-hybridized carbons (Fsp3) is 0.900. The van der Waals surface area contributed by atoms with Gasteiger partial charge in [0.1, 0.15) is 5.54 Å². The van der Waals surface area contributed by atoms with E-state index in [4.69, 9.17) is 5.11 Å². The van der Waals surface area contributed by atoms with Crippen LogP contribution >= 0.6 is 0 Å². The maximum Gasteiger partial charge on any atom is 0.323 e. The van der Waals surface area contributed by atoms with Crippen molar-refractivity contribution in [3.63, 3.8) is 0 Å². The topological polar surface area (TPSA) is 52.6 Å². The number of rotatable bonds is 7. The Labute approximate surface area is 86.3 Å². The van der Waals surface area contributed by atoms with Crippen molar-refractivity contribution in [1.29, 1.82) is 0 Å². The first-order valence-corrected chi connectivity index (χ1v) is 5.11. The number of hydrogen-bond donors (Lipinski definition) is 2. The smallest absolute Gasteiger partial charge is 0.323 e. The molecule has 0 aromatic heterocycles. The van der Waals surface area contributed by atoms with Crippen molar-refractivity contribution < 1.29 is 9.90 Å². The summed E-state index contributed by atoms with van der Waals surface area (Å²) in [5.41, 5.74) is -0.740. The first kappa shape index (κ1) is 13.4. The quantitative estimate of drug-likeness (QED) is 0.640. The fourth-order valence-corrected chi connectivity index (χ4v) is 1.40. The SMILES string of the molecule is CCC(CC)(NCCN(C)C)C(=O)O. The van der Waals surface area contributed by atoms with Crippen LogP contribution in [0.4, 0.5) is 0 Å². The molecule has 0 aromatic rings. The minimum Gasteiger partial charge on any atom is -0.480 e. The zero-order chi connectivity index (χ0) is 11.2. The van der Waals surface area contributed by atoms with E-state index in [1.54, 1.807) is 0 Å². The highest BCUT2D eigenvalue weighted by Gasteiger charge is 2.33. The van der Waals surface area contributed by atoms with Crippen molar-refractivity contribution in [1.82, 2.24) is 10.2 Å². The molecule has 14 heavy (non-hydrogen) atoms. The highest BCUT2D eigenvalue weighted by Crippen LogP contribution is 2.14. The molecule has 84 valence electrons. The summed E-state index contributed by atoms with van der Waals surface area (Å²) in [6.45, 7) is 5.37. The Morgan fingerprint density at radius 2 is 1.86 bits per heavy atom. The summed E-state index contributed by atoms with van der Waals surface area (Å²) in [6.07, 6.45) is 1.23. The molecule has 0 rings (SSSR count). The van der Waals surface area contributed by atoms with Crippen LogP contribution in [0.25, 0.3) is 0 Å². The summed E-state index contributed by atoms with van der Waals surface area (Å²) < 4.78 is 0. The summed E-state index contributed by atoms with van der Waals surface area (Å²) in [4.78, 5) is 13.1. The molecule has 0 fully saturated rings. The highest BCUT2D eigenvalue weighted by atomic mass is 16.4. The molecule has 0 aromatic carbocycles. The molecule has 0 aliphatic carbocycles. The van der Waals surface area contributed by atoms with Gasteiger partial charge in [0.05, 0.1) is 0 Å². The maximum absolute atomic E-state index is 11.1. The van der Waals surface area contributed by atoms with Gasteiger partial charge in [-0.3, -0.25) is 4.79 Å². The fourth-order valence-electron chi connectivity index (χ4n) is 1.40. The molecule has 0 bridgehead atoms. The average molecular weight is 202 g/mol. The van der Waals surface area contributed by atoms with Gasteiger partial charge in [-0.05, 0) is 26.9 Å².